The van der Waals surface area contributed by atoms with Gasteiger partial charge in [0.05, 0.1) is 7.11 Å². The Balaban J connectivity index is 0.00000243. The maximum atomic E-state index is 12.0. The molecule has 1 saturated heterocycles. The van der Waals surface area contributed by atoms with Gasteiger partial charge in [-0.3, -0.25) is 4.79 Å². The number of anilines is 1. The number of ether oxygens (including phenoxy) is 2. The van der Waals surface area contributed by atoms with Crippen LogP contribution in [0.2, 0.25) is 0 Å². The lowest BCUT2D eigenvalue weighted by Gasteiger charge is -2.11. The Bertz CT molecular complexity index is 700. The molecular weight excluding hydrogens is 352 g/mol. The van der Waals surface area contributed by atoms with Crippen molar-refractivity contribution < 1.29 is 14.3 Å². The zero-order valence-corrected chi connectivity index (χ0v) is 15.7. The van der Waals surface area contributed by atoms with E-state index < -0.39 is 0 Å². The predicted molar refractivity (Wildman–Crippen MR) is 106 cm³/mol. The number of nitrogens with one attached hydrogen (secondary N) is 2. The van der Waals surface area contributed by atoms with E-state index >= 15 is 0 Å². The summed E-state index contributed by atoms with van der Waals surface area (Å²) in [6.45, 7) is 2.10. The fraction of sp³-hybridized carbons (Fsp3) is 0.350. The lowest BCUT2D eigenvalue weighted by atomic mass is 10.0. The van der Waals surface area contributed by atoms with Crippen LogP contribution < -0.4 is 20.1 Å². The Labute approximate surface area is 160 Å². The molecule has 0 spiro atoms. The van der Waals surface area contributed by atoms with Gasteiger partial charge in [-0.25, -0.2) is 0 Å². The van der Waals surface area contributed by atoms with Crippen LogP contribution in [0.5, 0.6) is 17.2 Å². The number of carbonyl (C=O) groups is 1. The van der Waals surface area contributed by atoms with Crippen LogP contribution in [0, 0.1) is 5.92 Å². The van der Waals surface area contributed by atoms with Crippen molar-refractivity contribution in [1.82, 2.24) is 5.32 Å². The standard InChI is InChI=1S/C20H24N2O3.ClH/c1-24-18-4-2-3-5-19(18)25-17-9-7-16(8-10-17)22-20(23)11-6-15-12-13-21-14-15;/h2-5,7-10,15,21H,6,11-14H2,1H3,(H,22,23);1H. The molecule has 2 N–H and O–H groups in total. The molecule has 2 aromatic rings. The van der Waals surface area contributed by atoms with Crippen molar-refractivity contribution in [3.8, 4) is 17.2 Å². The lowest BCUT2D eigenvalue weighted by molar-refractivity contribution is -0.116. The zero-order valence-electron chi connectivity index (χ0n) is 14.9. The Hall–Kier alpha value is -2.24. The minimum atomic E-state index is 0. The van der Waals surface area contributed by atoms with Gasteiger partial charge in [-0.05, 0) is 68.2 Å². The summed E-state index contributed by atoms with van der Waals surface area (Å²) < 4.78 is 11.1. The maximum Gasteiger partial charge on any atom is 0.224 e. The van der Waals surface area contributed by atoms with Gasteiger partial charge >= 0.3 is 0 Å². The van der Waals surface area contributed by atoms with Gasteiger partial charge in [0, 0.05) is 12.1 Å². The second-order valence-electron chi connectivity index (χ2n) is 6.22. The number of hydrogen-bond acceptors (Lipinski definition) is 4. The van der Waals surface area contributed by atoms with Crippen molar-refractivity contribution in [3.05, 3.63) is 48.5 Å². The third-order valence-electron chi connectivity index (χ3n) is 4.38. The van der Waals surface area contributed by atoms with Crippen LogP contribution in [0.1, 0.15) is 19.3 Å². The number of methoxy groups -OCH3 is 1. The third-order valence-corrected chi connectivity index (χ3v) is 4.38. The molecular formula is C20H25ClN2O3. The predicted octanol–water partition coefficient (Wildman–Crippen LogP) is 4.24. The monoisotopic (exact) mass is 376 g/mol. The largest absolute Gasteiger partial charge is 0.493 e. The summed E-state index contributed by atoms with van der Waals surface area (Å²) in [4.78, 5) is 12.0. The van der Waals surface area contributed by atoms with E-state index in [4.69, 9.17) is 9.47 Å². The van der Waals surface area contributed by atoms with Gasteiger partial charge in [0.1, 0.15) is 5.75 Å². The lowest BCUT2D eigenvalue weighted by Crippen LogP contribution is -2.14. The minimum absolute atomic E-state index is 0. The molecule has 1 atom stereocenters. The molecule has 1 unspecified atom stereocenters. The first-order chi connectivity index (χ1) is 12.2. The highest BCUT2D eigenvalue weighted by Gasteiger charge is 2.15. The van der Waals surface area contributed by atoms with E-state index in [1.165, 1.54) is 6.42 Å². The van der Waals surface area contributed by atoms with E-state index in [0.29, 0.717) is 29.6 Å². The van der Waals surface area contributed by atoms with Gasteiger partial charge in [0.15, 0.2) is 11.5 Å². The molecule has 1 amide bonds. The SMILES string of the molecule is COc1ccccc1Oc1ccc(NC(=O)CCC2CCNC2)cc1.Cl. The van der Waals surface area contributed by atoms with E-state index in [2.05, 4.69) is 10.6 Å². The Morgan fingerprint density at radius 2 is 1.88 bits per heavy atom. The fourth-order valence-electron chi connectivity index (χ4n) is 2.96. The van der Waals surface area contributed by atoms with Gasteiger partial charge in [0.25, 0.3) is 0 Å². The number of amides is 1. The molecule has 26 heavy (non-hydrogen) atoms. The molecule has 5 nitrogen and oxygen atoms in total. The zero-order chi connectivity index (χ0) is 17.5. The molecule has 140 valence electrons. The maximum absolute atomic E-state index is 12.0. The number of benzene rings is 2. The molecule has 0 aromatic heterocycles. The number of carbonyl (C=O) groups excluding carboxylic acids is 1. The summed E-state index contributed by atoms with van der Waals surface area (Å²) in [6.07, 6.45) is 2.67. The first-order valence-corrected chi connectivity index (χ1v) is 8.66. The molecule has 1 aliphatic rings. The van der Waals surface area contributed by atoms with Crippen LogP contribution in [-0.2, 0) is 4.79 Å². The summed E-state index contributed by atoms with van der Waals surface area (Å²) in [5, 5.41) is 6.27. The molecule has 6 heteroatoms. The fourth-order valence-corrected chi connectivity index (χ4v) is 2.96. The topological polar surface area (TPSA) is 59.6 Å². The summed E-state index contributed by atoms with van der Waals surface area (Å²) in [5.41, 5.74) is 0.780. The number of para-hydroxylation sites is 2. The van der Waals surface area contributed by atoms with E-state index in [9.17, 15) is 4.79 Å². The highest BCUT2D eigenvalue weighted by molar-refractivity contribution is 5.90. The van der Waals surface area contributed by atoms with Crippen molar-refractivity contribution in [2.24, 2.45) is 5.92 Å². The second-order valence-corrected chi connectivity index (χ2v) is 6.22. The van der Waals surface area contributed by atoms with Crippen LogP contribution in [0.4, 0.5) is 5.69 Å². The van der Waals surface area contributed by atoms with Gasteiger partial charge in [0.2, 0.25) is 5.91 Å². The van der Waals surface area contributed by atoms with Crippen molar-refractivity contribution >= 4 is 24.0 Å². The third kappa shape index (κ3) is 5.64. The molecule has 1 heterocycles. The normalized spacial score (nSPS) is 15.8. The van der Waals surface area contributed by atoms with Gasteiger partial charge in [-0.1, -0.05) is 12.1 Å². The highest BCUT2D eigenvalue weighted by atomic mass is 35.5. The summed E-state index contributed by atoms with van der Waals surface area (Å²) in [5.74, 6) is 2.72. The average Bonchev–Trinajstić information content (AvgIpc) is 3.16. The van der Waals surface area contributed by atoms with Crippen molar-refractivity contribution in [2.45, 2.75) is 19.3 Å². The van der Waals surface area contributed by atoms with E-state index in [1.54, 1.807) is 7.11 Å². The van der Waals surface area contributed by atoms with Crippen LogP contribution in [0.15, 0.2) is 48.5 Å². The summed E-state index contributed by atoms with van der Waals surface area (Å²) in [7, 11) is 1.61. The average molecular weight is 377 g/mol. The molecule has 0 bridgehead atoms. The van der Waals surface area contributed by atoms with E-state index in [-0.39, 0.29) is 18.3 Å². The first-order valence-electron chi connectivity index (χ1n) is 8.66. The van der Waals surface area contributed by atoms with Crippen LogP contribution >= 0.6 is 12.4 Å². The number of rotatable bonds is 7. The van der Waals surface area contributed by atoms with Crippen molar-refractivity contribution in [2.75, 3.05) is 25.5 Å². The Morgan fingerprint density at radius 3 is 2.54 bits per heavy atom. The Morgan fingerprint density at radius 1 is 1.15 bits per heavy atom. The highest BCUT2D eigenvalue weighted by Crippen LogP contribution is 2.31. The van der Waals surface area contributed by atoms with Gasteiger partial charge < -0.3 is 20.1 Å². The van der Waals surface area contributed by atoms with Crippen LogP contribution in [-0.4, -0.2) is 26.1 Å². The number of hydrogen-bond donors (Lipinski definition) is 2. The molecule has 0 aliphatic carbocycles. The molecule has 3 rings (SSSR count). The van der Waals surface area contributed by atoms with Gasteiger partial charge in [-0.15, -0.1) is 12.4 Å². The smallest absolute Gasteiger partial charge is 0.224 e. The van der Waals surface area contributed by atoms with Crippen LogP contribution in [0.3, 0.4) is 0 Å². The first kappa shape index (κ1) is 20.1. The molecule has 1 aliphatic heterocycles. The number of halogens is 1. The van der Waals surface area contributed by atoms with Crippen LogP contribution in [0.25, 0.3) is 0 Å². The summed E-state index contributed by atoms with van der Waals surface area (Å²) >= 11 is 0. The van der Waals surface area contributed by atoms with E-state index in [1.807, 2.05) is 48.5 Å². The molecule has 2 aromatic carbocycles. The second kappa shape index (κ2) is 10.0. The quantitative estimate of drug-likeness (QED) is 0.758. The van der Waals surface area contributed by atoms with Gasteiger partial charge in [-0.2, -0.15) is 0 Å². The van der Waals surface area contributed by atoms with Crippen molar-refractivity contribution in [3.63, 3.8) is 0 Å². The molecule has 0 radical (unpaired) electrons. The summed E-state index contributed by atoms with van der Waals surface area (Å²) in [6, 6.07) is 14.9. The molecule has 0 saturated carbocycles. The molecule has 1 fully saturated rings. The minimum Gasteiger partial charge on any atom is -0.493 e. The Kier molecular flexibility index (Phi) is 7.75. The van der Waals surface area contributed by atoms with E-state index in [0.717, 1.165) is 25.2 Å². The van der Waals surface area contributed by atoms with Crippen molar-refractivity contribution in [1.29, 1.82) is 0 Å².